The van der Waals surface area contributed by atoms with Gasteiger partial charge in [0.2, 0.25) is 5.91 Å². The topological polar surface area (TPSA) is 41.1 Å². The maximum absolute atomic E-state index is 11.6. The number of halogens is 2. The lowest BCUT2D eigenvalue weighted by Crippen LogP contribution is -2.29. The van der Waals surface area contributed by atoms with Gasteiger partial charge < -0.3 is 10.6 Å². The zero-order chi connectivity index (χ0) is 11.5. The van der Waals surface area contributed by atoms with Crippen molar-refractivity contribution in [3.8, 4) is 0 Å². The molecule has 0 heterocycles. The third-order valence-corrected chi connectivity index (χ3v) is 3.23. The fourth-order valence-electron chi connectivity index (χ4n) is 1.31. The lowest BCUT2D eigenvalue weighted by atomic mass is 10.3. The molecule has 2 rings (SSSR count). The molecule has 1 aliphatic carbocycles. The quantitative estimate of drug-likeness (QED) is 0.898. The van der Waals surface area contributed by atoms with E-state index < -0.39 is 0 Å². The first-order valence-corrected chi connectivity index (χ1v) is 6.30. The Bertz CT molecular complexity index is 407. The number of hydrogen-bond acceptors (Lipinski definition) is 2. The van der Waals surface area contributed by atoms with Crippen LogP contribution >= 0.6 is 27.5 Å². The van der Waals surface area contributed by atoms with Crippen LogP contribution in [0.15, 0.2) is 22.7 Å². The Hall–Kier alpha value is -0.580. The van der Waals surface area contributed by atoms with E-state index >= 15 is 0 Å². The highest BCUT2D eigenvalue weighted by atomic mass is 79.9. The minimum absolute atomic E-state index is 0.0325. The molecule has 0 unspecified atom stereocenters. The summed E-state index contributed by atoms with van der Waals surface area (Å²) in [5.41, 5.74) is 0.743. The van der Waals surface area contributed by atoms with Gasteiger partial charge in [-0.25, -0.2) is 0 Å². The molecule has 0 aromatic heterocycles. The van der Waals surface area contributed by atoms with E-state index in [1.807, 2.05) is 0 Å². The first kappa shape index (κ1) is 11.9. The van der Waals surface area contributed by atoms with Crippen LogP contribution in [-0.2, 0) is 4.79 Å². The molecule has 1 aliphatic rings. The van der Waals surface area contributed by atoms with Gasteiger partial charge in [0.05, 0.1) is 12.2 Å². The van der Waals surface area contributed by atoms with E-state index in [0.717, 1.165) is 10.2 Å². The molecule has 86 valence electrons. The van der Waals surface area contributed by atoms with Crippen molar-refractivity contribution in [1.82, 2.24) is 5.32 Å². The molecule has 2 N–H and O–H groups in total. The number of benzene rings is 1. The average Bonchev–Trinajstić information content (AvgIpc) is 3.03. The number of anilines is 1. The molecule has 0 bridgehead atoms. The highest BCUT2D eigenvalue weighted by Crippen LogP contribution is 2.25. The summed E-state index contributed by atoms with van der Waals surface area (Å²) in [6, 6.07) is 5.82. The number of carbonyl (C=O) groups is 1. The van der Waals surface area contributed by atoms with Crippen LogP contribution in [0.25, 0.3) is 0 Å². The molecule has 0 atom stereocenters. The molecular formula is C11H12BrClN2O. The molecule has 0 radical (unpaired) electrons. The van der Waals surface area contributed by atoms with Crippen molar-refractivity contribution in [3.63, 3.8) is 0 Å². The fourth-order valence-corrected chi connectivity index (χ4v) is 2.09. The predicted octanol–water partition coefficient (Wildman–Crippen LogP) is 2.79. The van der Waals surface area contributed by atoms with Crippen molar-refractivity contribution < 1.29 is 4.79 Å². The Balaban J connectivity index is 1.89. The summed E-state index contributed by atoms with van der Waals surface area (Å²) in [6.45, 7) is 0.361. The number of amides is 1. The summed E-state index contributed by atoms with van der Waals surface area (Å²) in [5.74, 6) is -0.0325. The Labute approximate surface area is 108 Å². The standard InChI is InChI=1S/C11H12BrClN2O/c12-9-5-7(13)1-4-10(9)15-11(16)6-14-8-2-3-8/h1,4-5,8,14H,2-3,6H2,(H,15,16). The summed E-state index contributed by atoms with van der Waals surface area (Å²) < 4.78 is 0.791. The van der Waals surface area contributed by atoms with E-state index in [0.29, 0.717) is 17.6 Å². The van der Waals surface area contributed by atoms with Crippen LogP contribution in [0, 0.1) is 0 Å². The van der Waals surface area contributed by atoms with Gasteiger partial charge in [-0.2, -0.15) is 0 Å². The fraction of sp³-hybridized carbons (Fsp3) is 0.364. The van der Waals surface area contributed by atoms with E-state index in [4.69, 9.17) is 11.6 Å². The van der Waals surface area contributed by atoms with Gasteiger partial charge in [-0.3, -0.25) is 4.79 Å². The molecule has 3 nitrogen and oxygen atoms in total. The van der Waals surface area contributed by atoms with Gasteiger partial charge in [0, 0.05) is 15.5 Å². The number of rotatable bonds is 4. The van der Waals surface area contributed by atoms with Crippen molar-refractivity contribution in [2.45, 2.75) is 18.9 Å². The van der Waals surface area contributed by atoms with Crippen LogP contribution in [-0.4, -0.2) is 18.5 Å². The molecule has 0 aliphatic heterocycles. The van der Waals surface area contributed by atoms with Crippen molar-refractivity contribution in [2.75, 3.05) is 11.9 Å². The lowest BCUT2D eigenvalue weighted by molar-refractivity contribution is -0.115. The van der Waals surface area contributed by atoms with Crippen molar-refractivity contribution in [2.24, 2.45) is 0 Å². The van der Waals surface area contributed by atoms with Gasteiger partial charge in [-0.05, 0) is 47.0 Å². The molecule has 1 aromatic carbocycles. The second-order valence-electron chi connectivity index (χ2n) is 3.83. The van der Waals surface area contributed by atoms with Crippen LogP contribution in [0.4, 0.5) is 5.69 Å². The van der Waals surface area contributed by atoms with Crippen molar-refractivity contribution >= 4 is 39.1 Å². The Morgan fingerprint density at radius 3 is 2.88 bits per heavy atom. The third kappa shape index (κ3) is 3.47. The van der Waals surface area contributed by atoms with E-state index in [2.05, 4.69) is 26.6 Å². The summed E-state index contributed by atoms with van der Waals surface area (Å²) in [5, 5.41) is 6.61. The first-order valence-electron chi connectivity index (χ1n) is 5.13. The summed E-state index contributed by atoms with van der Waals surface area (Å²) in [7, 11) is 0. The maximum atomic E-state index is 11.6. The number of carbonyl (C=O) groups excluding carboxylic acids is 1. The molecule has 1 fully saturated rings. The molecule has 0 saturated heterocycles. The van der Waals surface area contributed by atoms with Crippen LogP contribution in [0.2, 0.25) is 5.02 Å². The molecular weight excluding hydrogens is 291 g/mol. The summed E-state index contributed by atoms with van der Waals surface area (Å²) in [6.07, 6.45) is 2.36. The Kier molecular flexibility index (Phi) is 3.84. The zero-order valence-electron chi connectivity index (χ0n) is 8.59. The smallest absolute Gasteiger partial charge is 0.238 e. The first-order chi connectivity index (χ1) is 7.65. The summed E-state index contributed by atoms with van der Waals surface area (Å²) >= 11 is 9.16. The predicted molar refractivity (Wildman–Crippen MR) is 68.8 cm³/mol. The highest BCUT2D eigenvalue weighted by molar-refractivity contribution is 9.10. The van der Waals surface area contributed by atoms with Crippen LogP contribution in [0.3, 0.4) is 0 Å². The van der Waals surface area contributed by atoms with Gasteiger partial charge in [0.15, 0.2) is 0 Å². The molecule has 0 spiro atoms. The maximum Gasteiger partial charge on any atom is 0.238 e. The molecule has 1 amide bonds. The van der Waals surface area contributed by atoms with Gasteiger partial charge in [-0.1, -0.05) is 11.6 Å². The monoisotopic (exact) mass is 302 g/mol. The molecule has 1 aromatic rings. The van der Waals surface area contributed by atoms with Crippen LogP contribution in [0.1, 0.15) is 12.8 Å². The molecule has 1 saturated carbocycles. The van der Waals surface area contributed by atoms with Crippen molar-refractivity contribution in [1.29, 1.82) is 0 Å². The van der Waals surface area contributed by atoms with Gasteiger partial charge in [0.25, 0.3) is 0 Å². The van der Waals surface area contributed by atoms with Gasteiger partial charge in [0.1, 0.15) is 0 Å². The largest absolute Gasteiger partial charge is 0.324 e. The van der Waals surface area contributed by atoms with E-state index in [1.54, 1.807) is 18.2 Å². The Morgan fingerprint density at radius 2 is 2.25 bits per heavy atom. The average molecular weight is 304 g/mol. The summed E-state index contributed by atoms with van der Waals surface area (Å²) in [4.78, 5) is 11.6. The van der Waals surface area contributed by atoms with E-state index in [1.165, 1.54) is 12.8 Å². The minimum Gasteiger partial charge on any atom is -0.324 e. The van der Waals surface area contributed by atoms with Crippen LogP contribution in [0.5, 0.6) is 0 Å². The Morgan fingerprint density at radius 1 is 1.50 bits per heavy atom. The zero-order valence-corrected chi connectivity index (χ0v) is 10.9. The van der Waals surface area contributed by atoms with Crippen LogP contribution < -0.4 is 10.6 Å². The van der Waals surface area contributed by atoms with Gasteiger partial charge in [-0.15, -0.1) is 0 Å². The van der Waals surface area contributed by atoms with Gasteiger partial charge >= 0.3 is 0 Å². The second kappa shape index (κ2) is 5.17. The van der Waals surface area contributed by atoms with E-state index in [9.17, 15) is 4.79 Å². The van der Waals surface area contributed by atoms with Crippen molar-refractivity contribution in [3.05, 3.63) is 27.7 Å². The highest BCUT2D eigenvalue weighted by Gasteiger charge is 2.21. The SMILES string of the molecule is O=C(CNC1CC1)Nc1ccc(Cl)cc1Br. The normalized spacial score (nSPS) is 14.9. The molecule has 5 heteroatoms. The molecule has 16 heavy (non-hydrogen) atoms. The minimum atomic E-state index is -0.0325. The van der Waals surface area contributed by atoms with E-state index in [-0.39, 0.29) is 5.91 Å². The second-order valence-corrected chi connectivity index (χ2v) is 5.12. The number of hydrogen-bond donors (Lipinski definition) is 2. The third-order valence-electron chi connectivity index (χ3n) is 2.33. The lowest BCUT2D eigenvalue weighted by Gasteiger charge is -2.08. The number of nitrogens with one attached hydrogen (secondary N) is 2.